The highest BCUT2D eigenvalue weighted by Crippen LogP contribution is 2.41. The van der Waals surface area contributed by atoms with Crippen molar-refractivity contribution in [1.82, 2.24) is 14.8 Å². The van der Waals surface area contributed by atoms with Gasteiger partial charge in [-0.2, -0.15) is 5.10 Å². The van der Waals surface area contributed by atoms with E-state index in [1.54, 1.807) is 31.2 Å². The van der Waals surface area contributed by atoms with Crippen LogP contribution in [0.1, 0.15) is 42.7 Å². The van der Waals surface area contributed by atoms with E-state index in [0.717, 1.165) is 15.1 Å². The summed E-state index contributed by atoms with van der Waals surface area (Å²) in [4.78, 5) is 18.3. The van der Waals surface area contributed by atoms with Crippen molar-refractivity contribution in [2.45, 2.75) is 38.8 Å². The Balaban J connectivity index is 1.93. The topological polar surface area (TPSA) is 56.6 Å². The van der Waals surface area contributed by atoms with Crippen LogP contribution in [0.4, 0.5) is 8.78 Å². The van der Waals surface area contributed by atoms with Crippen LogP contribution in [0.25, 0.3) is 10.8 Å². The van der Waals surface area contributed by atoms with E-state index in [2.05, 4.69) is 5.10 Å². The van der Waals surface area contributed by atoms with Gasteiger partial charge in [-0.25, -0.2) is 13.8 Å². The molecular weight excluding hydrogens is 499 g/mol. The number of aryl methyl sites for hydroxylation is 1. The summed E-state index contributed by atoms with van der Waals surface area (Å²) in [5.41, 5.74) is -0.875. The number of hydrogen-bond donors (Lipinski definition) is 0. The zero-order chi connectivity index (χ0) is 24.4. The van der Waals surface area contributed by atoms with E-state index in [0.29, 0.717) is 21.9 Å². The number of hydrogen-bond acceptors (Lipinski definition) is 4. The Morgan fingerprint density at radius 3 is 2.55 bits per heavy atom. The molecule has 6 nitrogen and oxygen atoms in total. The number of ether oxygens (including phenoxy) is 1. The minimum Gasteiger partial charge on any atom is -0.485 e. The van der Waals surface area contributed by atoms with Gasteiger partial charge in [0.15, 0.2) is 5.75 Å². The minimum atomic E-state index is -2.92. The normalized spacial score (nSPS) is 13.4. The Morgan fingerprint density at radius 2 is 1.94 bits per heavy atom. The Kier molecular flexibility index (Phi) is 8.05. The first-order valence-corrected chi connectivity index (χ1v) is 11.2. The average molecular weight is 521 g/mol. The van der Waals surface area contributed by atoms with Gasteiger partial charge in [-0.1, -0.05) is 47.8 Å². The second-order valence-electron chi connectivity index (χ2n) is 7.39. The fraction of sp³-hybridized carbons (Fsp3) is 0.364. The summed E-state index contributed by atoms with van der Waals surface area (Å²) in [5.74, 6) is -0.522. The van der Waals surface area contributed by atoms with Crippen molar-refractivity contribution >= 4 is 51.5 Å². The molecular formula is C22H22Cl3F2N3O3. The fourth-order valence-electron chi connectivity index (χ4n) is 3.60. The summed E-state index contributed by atoms with van der Waals surface area (Å²) in [5, 5.41) is 7.21. The molecule has 2 unspecified atom stereocenters. The third-order valence-electron chi connectivity index (χ3n) is 5.22. The summed E-state index contributed by atoms with van der Waals surface area (Å²) in [7, 11) is 2.73. The van der Waals surface area contributed by atoms with Crippen molar-refractivity contribution in [3.8, 4) is 5.75 Å². The number of carbonyl (C=O) groups excluding carboxylic acids is 1. The number of fused-ring (bicyclic) bond motifs is 1. The van der Waals surface area contributed by atoms with Gasteiger partial charge in [-0.15, -0.1) is 0 Å². The lowest BCUT2D eigenvalue weighted by atomic mass is 10.1. The lowest BCUT2D eigenvalue weighted by Crippen LogP contribution is -2.46. The summed E-state index contributed by atoms with van der Waals surface area (Å²) in [6.45, 7) is 3.52. The molecule has 2 atom stereocenters. The van der Waals surface area contributed by atoms with Crippen LogP contribution < -0.4 is 4.74 Å². The first kappa shape index (κ1) is 25.5. The fourth-order valence-corrected chi connectivity index (χ4v) is 4.40. The molecule has 0 radical (unpaired) electrons. The van der Waals surface area contributed by atoms with Gasteiger partial charge in [0, 0.05) is 23.7 Å². The molecule has 0 saturated carbocycles. The zero-order valence-corrected chi connectivity index (χ0v) is 20.5. The molecule has 0 aliphatic heterocycles. The SMILES string of the molecule is CCC(Oc1c(Cl)cc2cc(Cl)ccc2c1Cl)C(C)N(OC)C(=O)c1cn(C)nc1C(F)F. The molecule has 0 aliphatic rings. The van der Waals surface area contributed by atoms with Crippen LogP contribution in [-0.2, 0) is 11.9 Å². The number of alkyl halides is 2. The van der Waals surface area contributed by atoms with Gasteiger partial charge in [0.1, 0.15) is 11.8 Å². The Hall–Kier alpha value is -2.13. The summed E-state index contributed by atoms with van der Waals surface area (Å²) in [6.07, 6.45) is -1.87. The molecule has 0 aliphatic carbocycles. The summed E-state index contributed by atoms with van der Waals surface area (Å²) < 4.78 is 34.0. The second-order valence-corrected chi connectivity index (χ2v) is 8.61. The van der Waals surface area contributed by atoms with E-state index < -0.39 is 30.2 Å². The number of aromatic nitrogens is 2. The van der Waals surface area contributed by atoms with Gasteiger partial charge in [-0.05, 0) is 36.9 Å². The summed E-state index contributed by atoms with van der Waals surface area (Å²) in [6, 6.07) is 6.19. The standard InChI is InChI=1S/C22H22Cl3F2N3O3/c1-5-17(33-20-16(24)9-12-8-13(23)6-7-14(12)18(20)25)11(2)30(32-4)22(31)15-10-29(3)28-19(15)21(26)27/h6-11,17,21H,5H2,1-4H3. The molecule has 0 spiro atoms. The van der Waals surface area contributed by atoms with Crippen LogP contribution in [0.3, 0.4) is 0 Å². The number of benzene rings is 2. The highest BCUT2D eigenvalue weighted by molar-refractivity contribution is 6.41. The van der Waals surface area contributed by atoms with E-state index in [1.807, 2.05) is 6.92 Å². The highest BCUT2D eigenvalue weighted by atomic mass is 35.5. The zero-order valence-electron chi connectivity index (χ0n) is 18.3. The number of halogens is 5. The van der Waals surface area contributed by atoms with Crippen LogP contribution in [0, 0.1) is 0 Å². The van der Waals surface area contributed by atoms with Gasteiger partial charge in [0.2, 0.25) is 0 Å². The maximum Gasteiger partial charge on any atom is 0.282 e. The molecule has 3 aromatic rings. The smallest absolute Gasteiger partial charge is 0.282 e. The van der Waals surface area contributed by atoms with Gasteiger partial charge in [0.25, 0.3) is 12.3 Å². The number of nitrogens with zero attached hydrogens (tertiary/aromatic N) is 3. The van der Waals surface area contributed by atoms with E-state index in [-0.39, 0.29) is 16.3 Å². The van der Waals surface area contributed by atoms with Crippen LogP contribution >= 0.6 is 34.8 Å². The second kappa shape index (κ2) is 10.4. The molecule has 3 rings (SSSR count). The van der Waals surface area contributed by atoms with Gasteiger partial charge in [-0.3, -0.25) is 14.3 Å². The minimum absolute atomic E-state index is 0.241. The lowest BCUT2D eigenvalue weighted by molar-refractivity contribution is -0.139. The lowest BCUT2D eigenvalue weighted by Gasteiger charge is -2.32. The maximum absolute atomic E-state index is 13.4. The molecule has 0 saturated heterocycles. The molecule has 0 bridgehead atoms. The molecule has 178 valence electrons. The maximum atomic E-state index is 13.4. The molecule has 11 heteroatoms. The number of hydroxylamine groups is 2. The Bertz CT molecular complexity index is 1170. The molecule has 1 heterocycles. The quantitative estimate of drug-likeness (QED) is 0.309. The predicted molar refractivity (Wildman–Crippen MR) is 124 cm³/mol. The predicted octanol–water partition coefficient (Wildman–Crippen LogP) is 6.72. The largest absolute Gasteiger partial charge is 0.485 e. The van der Waals surface area contributed by atoms with Crippen LogP contribution in [0.2, 0.25) is 15.1 Å². The van der Waals surface area contributed by atoms with Crippen molar-refractivity contribution in [2.75, 3.05) is 7.11 Å². The van der Waals surface area contributed by atoms with Crippen LogP contribution in [-0.4, -0.2) is 40.0 Å². The third-order valence-corrected chi connectivity index (χ3v) is 6.11. The first-order valence-electron chi connectivity index (χ1n) is 10.0. The van der Waals surface area contributed by atoms with Crippen LogP contribution in [0.5, 0.6) is 5.75 Å². The van der Waals surface area contributed by atoms with Crippen molar-refractivity contribution < 1.29 is 23.1 Å². The van der Waals surface area contributed by atoms with Crippen LogP contribution in [0.15, 0.2) is 30.5 Å². The van der Waals surface area contributed by atoms with Crippen molar-refractivity contribution in [3.05, 3.63) is 56.8 Å². The molecule has 0 fully saturated rings. The molecule has 0 N–H and O–H groups in total. The van der Waals surface area contributed by atoms with E-state index >= 15 is 0 Å². The number of carbonyl (C=O) groups is 1. The van der Waals surface area contributed by atoms with Gasteiger partial charge >= 0.3 is 0 Å². The van der Waals surface area contributed by atoms with Gasteiger partial charge < -0.3 is 4.74 Å². The summed E-state index contributed by atoms with van der Waals surface area (Å²) >= 11 is 19.1. The third kappa shape index (κ3) is 5.19. The average Bonchev–Trinajstić information content (AvgIpc) is 3.16. The highest BCUT2D eigenvalue weighted by Gasteiger charge is 2.34. The number of rotatable bonds is 8. The molecule has 1 aromatic heterocycles. The Morgan fingerprint density at radius 1 is 1.24 bits per heavy atom. The molecule has 2 aromatic carbocycles. The first-order chi connectivity index (χ1) is 15.6. The molecule has 1 amide bonds. The van der Waals surface area contributed by atoms with Crippen molar-refractivity contribution in [2.24, 2.45) is 7.05 Å². The number of amides is 1. The molecule has 33 heavy (non-hydrogen) atoms. The van der Waals surface area contributed by atoms with E-state index in [4.69, 9.17) is 44.4 Å². The van der Waals surface area contributed by atoms with E-state index in [9.17, 15) is 13.6 Å². The van der Waals surface area contributed by atoms with Gasteiger partial charge in [0.05, 0.1) is 28.8 Å². The monoisotopic (exact) mass is 519 g/mol. The van der Waals surface area contributed by atoms with E-state index in [1.165, 1.54) is 20.4 Å². The van der Waals surface area contributed by atoms with Crippen molar-refractivity contribution in [3.63, 3.8) is 0 Å². The Labute approximate surface area is 204 Å². The van der Waals surface area contributed by atoms with Crippen molar-refractivity contribution in [1.29, 1.82) is 0 Å².